The van der Waals surface area contributed by atoms with Gasteiger partial charge in [0.05, 0.1) is 11.0 Å². The first kappa shape index (κ1) is 36.0. The molecule has 4 heteroatoms. The summed E-state index contributed by atoms with van der Waals surface area (Å²) in [4.78, 5) is 5.45. The SMILES string of the molecule is CC1(C)c2ccccc2-c2c(N3B4c5c(cc6c(c5-c5ccccc5N4c4cccc5c4-c4ccccc4C5(C)C)c4ccccc4n6-c4ccccc4)-c4ccccc43)cccc21. The van der Waals surface area contributed by atoms with Crippen molar-refractivity contribution in [3.8, 4) is 50.2 Å². The molecule has 0 unspecified atom stereocenters. The van der Waals surface area contributed by atoms with E-state index in [1.165, 1.54) is 117 Å². The van der Waals surface area contributed by atoms with Crippen molar-refractivity contribution in [1.82, 2.24) is 4.57 Å². The number of hydrogen-bond acceptors (Lipinski definition) is 2. The van der Waals surface area contributed by atoms with Crippen LogP contribution in [0.15, 0.2) is 194 Å². The molecule has 10 aromatic rings. The number of benzene rings is 9. The molecule has 0 fully saturated rings. The molecule has 0 atom stereocenters. The summed E-state index contributed by atoms with van der Waals surface area (Å²) in [6.45, 7) is 9.34. The van der Waals surface area contributed by atoms with Crippen molar-refractivity contribution < 1.29 is 0 Å². The molecule has 0 saturated heterocycles. The van der Waals surface area contributed by atoms with Crippen LogP contribution >= 0.6 is 0 Å². The Morgan fingerprint density at radius 2 is 0.828 bits per heavy atom. The number of fused-ring (bicyclic) bond motifs is 14. The van der Waals surface area contributed by atoms with E-state index in [4.69, 9.17) is 0 Å². The molecule has 0 spiro atoms. The van der Waals surface area contributed by atoms with Crippen LogP contribution in [0.5, 0.6) is 0 Å². The molecular weight excluding hydrogens is 773 g/mol. The maximum absolute atomic E-state index is 2.72. The van der Waals surface area contributed by atoms with E-state index >= 15 is 0 Å². The van der Waals surface area contributed by atoms with Gasteiger partial charge in [-0.15, -0.1) is 0 Å². The van der Waals surface area contributed by atoms with Crippen LogP contribution in [0, 0.1) is 0 Å². The molecule has 2 aliphatic carbocycles. The van der Waals surface area contributed by atoms with Gasteiger partial charge in [0.2, 0.25) is 0 Å². The van der Waals surface area contributed by atoms with Crippen LogP contribution in [0.4, 0.5) is 22.7 Å². The normalized spacial score (nSPS) is 15.3. The Morgan fingerprint density at radius 3 is 1.45 bits per heavy atom. The summed E-state index contributed by atoms with van der Waals surface area (Å²) >= 11 is 0. The average molecular weight is 818 g/mol. The number of para-hydroxylation sites is 4. The van der Waals surface area contributed by atoms with Crippen LogP contribution in [0.2, 0.25) is 0 Å². The van der Waals surface area contributed by atoms with Gasteiger partial charge < -0.3 is 14.2 Å². The summed E-state index contributed by atoms with van der Waals surface area (Å²) in [5, 5.41) is 2.56. The van der Waals surface area contributed by atoms with Gasteiger partial charge in [-0.2, -0.15) is 0 Å². The van der Waals surface area contributed by atoms with Crippen molar-refractivity contribution >= 4 is 57.0 Å². The van der Waals surface area contributed by atoms with E-state index in [2.05, 4.69) is 236 Å². The van der Waals surface area contributed by atoms with E-state index in [1.54, 1.807) is 0 Å². The van der Waals surface area contributed by atoms with E-state index in [0.717, 1.165) is 5.69 Å². The minimum atomic E-state index is -0.247. The number of hydrogen-bond donors (Lipinski definition) is 0. The predicted molar refractivity (Wildman–Crippen MR) is 269 cm³/mol. The Hall–Kier alpha value is -7.56. The Labute approximate surface area is 374 Å². The average Bonchev–Trinajstić information content (AvgIpc) is 3.89. The molecule has 0 saturated carbocycles. The maximum atomic E-state index is 2.72. The van der Waals surface area contributed by atoms with Gasteiger partial charge in [-0.1, -0.05) is 173 Å². The van der Waals surface area contributed by atoms with E-state index < -0.39 is 0 Å². The Kier molecular flexibility index (Phi) is 7.05. The highest BCUT2D eigenvalue weighted by atomic mass is 15.2. The van der Waals surface area contributed by atoms with Crippen molar-refractivity contribution in [2.24, 2.45) is 0 Å². The third kappa shape index (κ3) is 4.43. The van der Waals surface area contributed by atoms with Crippen LogP contribution in [0.1, 0.15) is 49.9 Å². The van der Waals surface area contributed by atoms with Gasteiger partial charge in [-0.25, -0.2) is 0 Å². The molecule has 4 aliphatic rings. The highest BCUT2D eigenvalue weighted by Gasteiger charge is 2.51. The smallest absolute Gasteiger partial charge is 0.361 e. The molecule has 0 N–H and O–H groups in total. The van der Waals surface area contributed by atoms with Crippen LogP contribution in [-0.4, -0.2) is 11.5 Å². The van der Waals surface area contributed by atoms with Crippen LogP contribution < -0.4 is 15.1 Å². The summed E-state index contributed by atoms with van der Waals surface area (Å²) in [5.41, 5.74) is 25.4. The minimum Gasteiger partial charge on any atom is -0.361 e. The molecule has 64 heavy (non-hydrogen) atoms. The number of nitrogens with zero attached hydrogens (tertiary/aromatic N) is 3. The van der Waals surface area contributed by atoms with Gasteiger partial charge in [-0.05, 0) is 98.5 Å². The second-order valence-electron chi connectivity index (χ2n) is 19.2. The lowest BCUT2D eigenvalue weighted by Gasteiger charge is -2.49. The molecule has 2 aliphatic heterocycles. The monoisotopic (exact) mass is 817 g/mol. The summed E-state index contributed by atoms with van der Waals surface area (Å²) in [6.07, 6.45) is 0. The molecule has 9 aromatic carbocycles. The van der Waals surface area contributed by atoms with Crippen molar-refractivity contribution in [2.75, 3.05) is 9.62 Å². The lowest BCUT2D eigenvalue weighted by atomic mass is 9.52. The van der Waals surface area contributed by atoms with Gasteiger partial charge in [0.1, 0.15) is 0 Å². The largest absolute Gasteiger partial charge is 0.422 e. The predicted octanol–water partition coefficient (Wildman–Crippen LogP) is 14.7. The molecule has 3 heterocycles. The fourth-order valence-corrected chi connectivity index (χ4v) is 12.6. The molecule has 0 radical (unpaired) electrons. The molecule has 3 nitrogen and oxygen atoms in total. The highest BCUT2D eigenvalue weighted by Crippen LogP contribution is 2.59. The first-order valence-electron chi connectivity index (χ1n) is 22.7. The van der Waals surface area contributed by atoms with Crippen LogP contribution in [0.3, 0.4) is 0 Å². The molecule has 14 rings (SSSR count). The third-order valence-corrected chi connectivity index (χ3v) is 15.3. The summed E-state index contributed by atoms with van der Waals surface area (Å²) in [6, 6.07) is 73.3. The summed E-state index contributed by atoms with van der Waals surface area (Å²) in [5.74, 6) is 0. The minimum absolute atomic E-state index is 0.153. The lowest BCUT2D eigenvalue weighted by molar-refractivity contribution is 0.660. The molecule has 1 aromatic heterocycles. The first-order valence-corrected chi connectivity index (χ1v) is 22.7. The fourth-order valence-electron chi connectivity index (χ4n) is 12.6. The Balaban J connectivity index is 1.18. The standard InChI is InChI=1S/C60H44BN3/c1-59(2)44-27-13-8-23-39(44)54-46(59)29-18-34-51(54)63-49-32-16-10-22-38(49)43-36-53-56(41-25-11-15-31-48(41)62(53)37-20-6-5-7-21-37)57-42-26-12-17-33-50(42)64(61(63)58(43)57)52-35-19-30-47-55(52)40-24-9-14-28-45(40)60(47,3)4/h5-36H,1-4H3. The highest BCUT2D eigenvalue weighted by molar-refractivity contribution is 6.87. The lowest BCUT2D eigenvalue weighted by Crippen LogP contribution is -2.62. The van der Waals surface area contributed by atoms with Crippen molar-refractivity contribution in [3.63, 3.8) is 0 Å². The number of aromatic nitrogens is 1. The van der Waals surface area contributed by atoms with E-state index in [1.807, 2.05) is 0 Å². The van der Waals surface area contributed by atoms with Gasteiger partial charge in [-0.3, -0.25) is 0 Å². The number of rotatable bonds is 3. The molecule has 302 valence electrons. The second kappa shape index (κ2) is 12.5. The van der Waals surface area contributed by atoms with E-state index in [9.17, 15) is 0 Å². The van der Waals surface area contributed by atoms with Gasteiger partial charge in [0.25, 0.3) is 0 Å². The molecule has 0 amide bonds. The number of anilines is 4. The van der Waals surface area contributed by atoms with Gasteiger partial charge in [0.15, 0.2) is 0 Å². The second-order valence-corrected chi connectivity index (χ2v) is 19.2. The van der Waals surface area contributed by atoms with E-state index in [0.29, 0.717) is 0 Å². The van der Waals surface area contributed by atoms with Gasteiger partial charge >= 0.3 is 6.98 Å². The molecule has 0 bridgehead atoms. The quantitative estimate of drug-likeness (QED) is 0.165. The summed E-state index contributed by atoms with van der Waals surface area (Å²) < 4.78 is 2.49. The maximum Gasteiger partial charge on any atom is 0.422 e. The van der Waals surface area contributed by atoms with Crippen molar-refractivity contribution in [1.29, 1.82) is 0 Å². The third-order valence-electron chi connectivity index (χ3n) is 15.3. The fraction of sp³-hybridized carbons (Fsp3) is 0.100. The summed E-state index contributed by atoms with van der Waals surface area (Å²) in [7, 11) is 0. The van der Waals surface area contributed by atoms with Crippen molar-refractivity contribution in [3.05, 3.63) is 216 Å². The zero-order chi connectivity index (χ0) is 42.6. The van der Waals surface area contributed by atoms with Gasteiger partial charge in [0, 0.05) is 72.3 Å². The van der Waals surface area contributed by atoms with E-state index in [-0.39, 0.29) is 17.8 Å². The molecular formula is C60H44BN3. The Morgan fingerprint density at radius 1 is 0.359 bits per heavy atom. The Bertz CT molecular complexity index is 3540. The first-order chi connectivity index (χ1) is 31.3. The van der Waals surface area contributed by atoms with Crippen LogP contribution in [0.25, 0.3) is 72.0 Å². The zero-order valence-electron chi connectivity index (χ0n) is 36.4. The van der Waals surface area contributed by atoms with Crippen molar-refractivity contribution in [2.45, 2.75) is 38.5 Å². The van der Waals surface area contributed by atoms with Crippen LogP contribution in [-0.2, 0) is 10.8 Å². The topological polar surface area (TPSA) is 11.4 Å². The zero-order valence-corrected chi connectivity index (χ0v) is 36.4.